The molecule has 4 heterocycles. The van der Waals surface area contributed by atoms with Gasteiger partial charge in [-0.15, -0.1) is 0 Å². The predicted molar refractivity (Wildman–Crippen MR) is 118 cm³/mol. The van der Waals surface area contributed by atoms with Gasteiger partial charge in [-0.05, 0) is 24.3 Å². The van der Waals surface area contributed by atoms with Crippen molar-refractivity contribution in [3.05, 3.63) is 72.0 Å². The summed E-state index contributed by atoms with van der Waals surface area (Å²) in [6.45, 7) is 2.54. The number of aromatic nitrogens is 5. The van der Waals surface area contributed by atoms with Gasteiger partial charge < -0.3 is 14.0 Å². The molecule has 3 aromatic heterocycles. The van der Waals surface area contributed by atoms with Crippen LogP contribution in [-0.2, 0) is 19.8 Å². The minimum Gasteiger partial charge on any atom is -0.338 e. The third kappa shape index (κ3) is 4.69. The number of carbonyl (C=O) groups excluding carboxylic acids is 1. The number of carbonyl (C=O) groups is 1. The zero-order chi connectivity index (χ0) is 24.6. The second-order valence-electron chi connectivity index (χ2n) is 8.25. The van der Waals surface area contributed by atoms with E-state index in [-0.39, 0.29) is 17.3 Å². The Morgan fingerprint density at radius 1 is 1.09 bits per heavy atom. The molecule has 1 aromatic carbocycles. The zero-order valence-corrected chi connectivity index (χ0v) is 18.8. The van der Waals surface area contributed by atoms with Gasteiger partial charge in [0.2, 0.25) is 11.7 Å². The molecule has 1 aliphatic heterocycles. The Balaban J connectivity index is 1.21. The average molecular weight is 485 g/mol. The largest absolute Gasteiger partial charge is 0.416 e. The molecule has 182 valence electrons. The molecule has 0 spiro atoms. The van der Waals surface area contributed by atoms with E-state index in [1.807, 2.05) is 29.1 Å². The highest BCUT2D eigenvalue weighted by Crippen LogP contribution is 2.31. The summed E-state index contributed by atoms with van der Waals surface area (Å²) in [6, 6.07) is 8.59. The first-order chi connectivity index (χ1) is 16.8. The van der Waals surface area contributed by atoms with Crippen LogP contribution in [0.1, 0.15) is 21.8 Å². The van der Waals surface area contributed by atoms with Crippen LogP contribution in [0.4, 0.5) is 13.2 Å². The summed E-state index contributed by atoms with van der Waals surface area (Å²) in [5.41, 5.74) is -0.00400. The molecule has 0 radical (unpaired) electrons. The van der Waals surface area contributed by atoms with Gasteiger partial charge in [0.15, 0.2) is 0 Å². The van der Waals surface area contributed by atoms with Crippen molar-refractivity contribution in [1.29, 1.82) is 0 Å². The lowest BCUT2D eigenvalue weighted by Crippen LogP contribution is -2.48. The van der Waals surface area contributed by atoms with Crippen LogP contribution >= 0.6 is 0 Å². The first-order valence-corrected chi connectivity index (χ1v) is 11.0. The van der Waals surface area contributed by atoms with Crippen molar-refractivity contribution < 1.29 is 22.5 Å². The first-order valence-electron chi connectivity index (χ1n) is 11.0. The quantitative estimate of drug-likeness (QED) is 0.432. The molecule has 1 aliphatic rings. The number of amides is 1. The number of halogens is 3. The van der Waals surface area contributed by atoms with E-state index in [2.05, 4.69) is 20.1 Å². The molecular formula is C23H22F3N7O2. The highest BCUT2D eigenvalue weighted by molar-refractivity contribution is 5.97. The molecule has 1 fully saturated rings. The van der Waals surface area contributed by atoms with Crippen molar-refractivity contribution in [2.45, 2.75) is 12.7 Å². The molecule has 0 saturated carbocycles. The van der Waals surface area contributed by atoms with Crippen LogP contribution in [0.2, 0.25) is 0 Å². The molecule has 5 rings (SSSR count). The molecule has 0 aliphatic carbocycles. The fourth-order valence-electron chi connectivity index (χ4n) is 4.11. The number of rotatable bonds is 5. The fourth-order valence-corrected chi connectivity index (χ4v) is 4.11. The number of aryl methyl sites for hydroxylation is 1. The van der Waals surface area contributed by atoms with Gasteiger partial charge in [-0.2, -0.15) is 23.3 Å². The number of hydrogen-bond acceptors (Lipinski definition) is 6. The maximum Gasteiger partial charge on any atom is 0.416 e. The Hall–Kier alpha value is -3.93. The maximum atomic E-state index is 13.2. The summed E-state index contributed by atoms with van der Waals surface area (Å²) in [5, 5.41) is 8.09. The summed E-state index contributed by atoms with van der Waals surface area (Å²) in [5.74, 6) is 1.02. The van der Waals surface area contributed by atoms with Gasteiger partial charge in [0.05, 0.1) is 18.3 Å². The summed E-state index contributed by atoms with van der Waals surface area (Å²) in [6.07, 6.45) is 0.865. The van der Waals surface area contributed by atoms with E-state index in [9.17, 15) is 18.0 Å². The lowest BCUT2D eigenvalue weighted by molar-refractivity contribution is -0.137. The first kappa shape index (κ1) is 22.8. The lowest BCUT2D eigenvalue weighted by atomic mass is 10.1. The minimum atomic E-state index is -4.45. The molecule has 0 unspecified atom stereocenters. The van der Waals surface area contributed by atoms with Crippen molar-refractivity contribution in [1.82, 2.24) is 34.3 Å². The molecular weight excluding hydrogens is 463 g/mol. The van der Waals surface area contributed by atoms with Gasteiger partial charge in [-0.3, -0.25) is 14.4 Å². The van der Waals surface area contributed by atoms with Gasteiger partial charge in [0.25, 0.3) is 5.91 Å². The number of benzene rings is 1. The van der Waals surface area contributed by atoms with Crippen LogP contribution in [-0.4, -0.2) is 66.4 Å². The smallest absolute Gasteiger partial charge is 0.338 e. The molecule has 0 atom stereocenters. The monoisotopic (exact) mass is 485 g/mol. The Labute approximate surface area is 198 Å². The molecule has 9 nitrogen and oxygen atoms in total. The number of hydrogen-bond donors (Lipinski definition) is 0. The van der Waals surface area contributed by atoms with Gasteiger partial charge in [0, 0.05) is 51.2 Å². The Morgan fingerprint density at radius 3 is 2.54 bits per heavy atom. The SMILES string of the molecule is Cn1ncc(C(=O)N2CCN(Cc3nc(-c4cccc(C(F)(F)F)c4)no3)CC2)c1-n1cccc1. The molecule has 12 heteroatoms. The summed E-state index contributed by atoms with van der Waals surface area (Å²) in [4.78, 5) is 21.3. The third-order valence-electron chi connectivity index (χ3n) is 5.92. The molecule has 4 aromatic rings. The van der Waals surface area contributed by atoms with Crippen LogP contribution in [0.5, 0.6) is 0 Å². The van der Waals surface area contributed by atoms with Crippen molar-refractivity contribution in [2.75, 3.05) is 26.2 Å². The number of nitrogens with zero attached hydrogens (tertiary/aromatic N) is 7. The highest BCUT2D eigenvalue weighted by atomic mass is 19.4. The minimum absolute atomic E-state index is 0.0916. The second-order valence-corrected chi connectivity index (χ2v) is 8.25. The van der Waals surface area contributed by atoms with E-state index < -0.39 is 11.7 Å². The summed E-state index contributed by atoms with van der Waals surface area (Å²) in [7, 11) is 1.79. The van der Waals surface area contributed by atoms with Crippen molar-refractivity contribution in [3.63, 3.8) is 0 Å². The number of alkyl halides is 3. The van der Waals surface area contributed by atoms with Gasteiger partial charge in [-0.25, -0.2) is 0 Å². The van der Waals surface area contributed by atoms with E-state index in [0.717, 1.165) is 12.1 Å². The molecule has 35 heavy (non-hydrogen) atoms. The normalized spacial score (nSPS) is 15.0. The van der Waals surface area contributed by atoms with Crippen molar-refractivity contribution in [2.24, 2.45) is 7.05 Å². The summed E-state index contributed by atoms with van der Waals surface area (Å²) < 4.78 is 47.7. The zero-order valence-electron chi connectivity index (χ0n) is 18.8. The topological polar surface area (TPSA) is 85.2 Å². The fraction of sp³-hybridized carbons (Fsp3) is 0.304. The van der Waals surface area contributed by atoms with Crippen LogP contribution in [0.15, 0.2) is 59.5 Å². The molecule has 1 amide bonds. The van der Waals surface area contributed by atoms with E-state index in [0.29, 0.717) is 50.0 Å². The Morgan fingerprint density at radius 2 is 1.83 bits per heavy atom. The van der Waals surface area contributed by atoms with E-state index in [1.54, 1.807) is 22.8 Å². The molecule has 0 N–H and O–H groups in total. The third-order valence-corrected chi connectivity index (χ3v) is 5.92. The molecule has 0 bridgehead atoms. The lowest BCUT2D eigenvalue weighted by Gasteiger charge is -2.33. The predicted octanol–water partition coefficient (Wildman–Crippen LogP) is 3.24. The van der Waals surface area contributed by atoms with Crippen molar-refractivity contribution >= 4 is 5.91 Å². The standard InChI is InChI=1S/C23H22F3N7O2/c1-30-21(32-7-2-3-8-32)18(14-27-30)22(34)33-11-9-31(10-12-33)15-19-28-20(29-35-19)16-5-4-6-17(13-16)23(24,25)26/h2-8,13-14H,9-12,15H2,1H3. The van der Waals surface area contributed by atoms with Crippen LogP contribution in [0.3, 0.4) is 0 Å². The van der Waals surface area contributed by atoms with E-state index in [1.165, 1.54) is 12.1 Å². The van der Waals surface area contributed by atoms with Gasteiger partial charge >= 0.3 is 6.18 Å². The Kier molecular flexibility index (Phi) is 5.89. The van der Waals surface area contributed by atoms with Crippen LogP contribution < -0.4 is 0 Å². The summed E-state index contributed by atoms with van der Waals surface area (Å²) >= 11 is 0. The van der Waals surface area contributed by atoms with Crippen molar-refractivity contribution in [3.8, 4) is 17.2 Å². The van der Waals surface area contributed by atoms with Crippen LogP contribution in [0.25, 0.3) is 17.2 Å². The average Bonchev–Trinajstić information content (AvgIpc) is 3.60. The Bertz CT molecular complexity index is 1320. The molecule has 1 saturated heterocycles. The highest BCUT2D eigenvalue weighted by Gasteiger charge is 2.31. The number of piperazine rings is 1. The van der Waals surface area contributed by atoms with Crippen LogP contribution in [0, 0.1) is 0 Å². The van der Waals surface area contributed by atoms with Gasteiger partial charge in [0.1, 0.15) is 11.4 Å². The van der Waals surface area contributed by atoms with Gasteiger partial charge in [-0.1, -0.05) is 17.3 Å². The second kappa shape index (κ2) is 9.02. The van der Waals surface area contributed by atoms with E-state index in [4.69, 9.17) is 4.52 Å². The maximum absolute atomic E-state index is 13.2. The van der Waals surface area contributed by atoms with E-state index >= 15 is 0 Å².